The number of hydrogen-bond donors (Lipinski definition) is 2. The third kappa shape index (κ3) is 3.89. The van der Waals surface area contributed by atoms with Gasteiger partial charge in [0.2, 0.25) is 5.95 Å². The summed E-state index contributed by atoms with van der Waals surface area (Å²) in [5, 5.41) is 7.38. The Morgan fingerprint density at radius 3 is 2.67 bits per heavy atom. The highest BCUT2D eigenvalue weighted by Gasteiger charge is 2.32. The van der Waals surface area contributed by atoms with Gasteiger partial charge in [0.15, 0.2) is 11.5 Å². The van der Waals surface area contributed by atoms with E-state index in [1.807, 2.05) is 27.6 Å². The van der Waals surface area contributed by atoms with Crippen LogP contribution < -0.4 is 16.2 Å². The van der Waals surface area contributed by atoms with E-state index in [2.05, 4.69) is 68.4 Å². The van der Waals surface area contributed by atoms with Crippen molar-refractivity contribution in [3.63, 3.8) is 0 Å². The summed E-state index contributed by atoms with van der Waals surface area (Å²) in [6.07, 6.45) is 3.60. The first-order valence-corrected chi connectivity index (χ1v) is 12.7. The van der Waals surface area contributed by atoms with Crippen molar-refractivity contribution >= 4 is 22.7 Å². The molecule has 0 atom stereocenters. The fraction of sp³-hybridized carbons (Fsp3) is 0.429. The molecule has 0 bridgehead atoms. The molecular weight excluding hydrogens is 450 g/mol. The van der Waals surface area contributed by atoms with Gasteiger partial charge in [0.25, 0.3) is 5.56 Å². The van der Waals surface area contributed by atoms with Crippen LogP contribution in [0.3, 0.4) is 0 Å². The molecule has 1 aliphatic heterocycles. The Bertz CT molecular complexity index is 1540. The predicted molar refractivity (Wildman–Crippen MR) is 142 cm³/mol. The Kier molecular flexibility index (Phi) is 5.09. The van der Waals surface area contributed by atoms with Crippen LogP contribution in [0.5, 0.6) is 0 Å². The van der Waals surface area contributed by atoms with Crippen molar-refractivity contribution < 1.29 is 0 Å². The summed E-state index contributed by atoms with van der Waals surface area (Å²) in [4.78, 5) is 27.7. The van der Waals surface area contributed by atoms with E-state index < -0.39 is 0 Å². The van der Waals surface area contributed by atoms with E-state index in [0.717, 1.165) is 37.3 Å². The van der Waals surface area contributed by atoms with Gasteiger partial charge in [-0.25, -0.2) is 19.3 Å². The molecule has 186 valence electrons. The minimum absolute atomic E-state index is 0.0656. The maximum absolute atomic E-state index is 13.4. The molecule has 0 spiro atoms. The van der Waals surface area contributed by atoms with Crippen LogP contribution in [0, 0.1) is 0 Å². The molecule has 0 saturated heterocycles. The summed E-state index contributed by atoms with van der Waals surface area (Å²) in [6, 6.07) is 12.6. The molecule has 4 aromatic rings. The molecule has 0 unspecified atom stereocenters. The van der Waals surface area contributed by atoms with Gasteiger partial charge in [0, 0.05) is 41.5 Å². The second-order valence-corrected chi connectivity index (χ2v) is 11.7. The summed E-state index contributed by atoms with van der Waals surface area (Å²) in [6.45, 7) is 12.7. The van der Waals surface area contributed by atoms with E-state index in [-0.39, 0.29) is 22.4 Å². The molecule has 8 heteroatoms. The van der Waals surface area contributed by atoms with Crippen molar-refractivity contribution in [2.24, 2.45) is 0 Å². The summed E-state index contributed by atoms with van der Waals surface area (Å²) in [7, 11) is 0. The van der Waals surface area contributed by atoms with Crippen LogP contribution in [0.15, 0.2) is 47.4 Å². The minimum atomic E-state index is -0.110. The first kappa shape index (κ1) is 22.9. The Balaban J connectivity index is 1.45. The van der Waals surface area contributed by atoms with Gasteiger partial charge in [-0.1, -0.05) is 46.8 Å². The summed E-state index contributed by atoms with van der Waals surface area (Å²) < 4.78 is 3.70. The van der Waals surface area contributed by atoms with E-state index in [1.165, 1.54) is 11.1 Å². The Morgan fingerprint density at radius 2 is 1.92 bits per heavy atom. The summed E-state index contributed by atoms with van der Waals surface area (Å²) in [5.74, 6) is 1.16. The zero-order chi connectivity index (χ0) is 25.2. The fourth-order valence-electron chi connectivity index (χ4n) is 5.10. The Hall–Kier alpha value is -3.52. The van der Waals surface area contributed by atoms with Gasteiger partial charge >= 0.3 is 0 Å². The van der Waals surface area contributed by atoms with E-state index in [0.29, 0.717) is 22.8 Å². The van der Waals surface area contributed by atoms with Gasteiger partial charge in [0.05, 0.1) is 6.04 Å². The predicted octanol–water partition coefficient (Wildman–Crippen LogP) is 4.73. The number of hydrogen-bond acceptors (Lipinski definition) is 6. The monoisotopic (exact) mass is 483 g/mol. The van der Waals surface area contributed by atoms with Gasteiger partial charge in [-0.2, -0.15) is 4.98 Å². The van der Waals surface area contributed by atoms with Gasteiger partial charge in [-0.05, 0) is 48.2 Å². The number of aromatic nitrogens is 5. The molecular formula is C28H33N7O. The van der Waals surface area contributed by atoms with Crippen LogP contribution in [0.2, 0.25) is 0 Å². The second-order valence-electron chi connectivity index (χ2n) is 11.7. The molecule has 2 N–H and O–H groups in total. The normalized spacial score (nSPS) is 17.2. The molecule has 36 heavy (non-hydrogen) atoms. The van der Waals surface area contributed by atoms with Crippen LogP contribution >= 0.6 is 0 Å². The summed E-state index contributed by atoms with van der Waals surface area (Å²) >= 11 is 0. The number of nitrogens with zero attached hydrogens (tertiary/aromatic N) is 5. The highest BCUT2D eigenvalue weighted by molar-refractivity contribution is 5.77. The third-order valence-corrected chi connectivity index (χ3v) is 7.21. The SMILES string of the molecule is CC(C)(C)c1cccc(-n2c3nc(Nc4ccc5c(c4)CNCC5(C)C)ncc3c(=O)n2C2CC2)n1. The first-order chi connectivity index (χ1) is 17.1. The summed E-state index contributed by atoms with van der Waals surface area (Å²) in [5.41, 5.74) is 5.03. The third-order valence-electron chi connectivity index (χ3n) is 7.21. The van der Waals surface area contributed by atoms with Crippen LogP contribution in [0.1, 0.15) is 70.3 Å². The van der Waals surface area contributed by atoms with Crippen LogP contribution in [-0.2, 0) is 17.4 Å². The van der Waals surface area contributed by atoms with Crippen LogP contribution in [0.25, 0.3) is 16.9 Å². The highest BCUT2D eigenvalue weighted by Crippen LogP contribution is 2.36. The van der Waals surface area contributed by atoms with Crippen molar-refractivity contribution in [2.45, 2.75) is 70.9 Å². The molecule has 6 rings (SSSR count). The maximum atomic E-state index is 13.4. The van der Waals surface area contributed by atoms with Crippen LogP contribution in [-0.4, -0.2) is 30.9 Å². The van der Waals surface area contributed by atoms with Gasteiger partial charge < -0.3 is 10.6 Å². The first-order valence-electron chi connectivity index (χ1n) is 12.7. The van der Waals surface area contributed by atoms with Gasteiger partial charge in [0.1, 0.15) is 5.39 Å². The molecule has 3 aromatic heterocycles. The quantitative estimate of drug-likeness (QED) is 0.436. The van der Waals surface area contributed by atoms with Crippen molar-refractivity contribution in [3.8, 4) is 5.82 Å². The average molecular weight is 484 g/mol. The number of nitrogens with one attached hydrogen (secondary N) is 2. The van der Waals surface area contributed by atoms with Crippen LogP contribution in [0.4, 0.5) is 11.6 Å². The van der Waals surface area contributed by atoms with E-state index in [9.17, 15) is 4.79 Å². The zero-order valence-corrected chi connectivity index (χ0v) is 21.6. The van der Waals surface area contributed by atoms with E-state index >= 15 is 0 Å². The molecule has 0 radical (unpaired) electrons. The topological polar surface area (TPSA) is 89.7 Å². The number of pyridine rings is 1. The van der Waals surface area contributed by atoms with Crippen molar-refractivity contribution in [3.05, 3.63) is 69.8 Å². The van der Waals surface area contributed by atoms with E-state index in [1.54, 1.807) is 6.20 Å². The van der Waals surface area contributed by atoms with Crippen molar-refractivity contribution in [1.82, 2.24) is 29.6 Å². The largest absolute Gasteiger partial charge is 0.324 e. The van der Waals surface area contributed by atoms with Gasteiger partial charge in [-0.15, -0.1) is 0 Å². The maximum Gasteiger partial charge on any atom is 0.278 e. The number of fused-ring (bicyclic) bond motifs is 2. The minimum Gasteiger partial charge on any atom is -0.324 e. The zero-order valence-electron chi connectivity index (χ0n) is 21.6. The Morgan fingerprint density at radius 1 is 1.11 bits per heavy atom. The molecule has 4 heterocycles. The lowest BCUT2D eigenvalue weighted by atomic mass is 9.79. The molecule has 1 aromatic carbocycles. The fourth-order valence-corrected chi connectivity index (χ4v) is 5.10. The van der Waals surface area contributed by atoms with Crippen molar-refractivity contribution in [1.29, 1.82) is 0 Å². The standard InChI is InChI=1S/C28H33N7O/c1-27(2,3)22-7-6-8-23(32-22)35-24-20(25(36)34(35)19-10-11-19)15-30-26(33-24)31-18-9-12-21-17(13-18)14-29-16-28(21,4)5/h6-9,12-13,15,19,29H,10-11,14,16H2,1-5H3,(H,30,31,33). The van der Waals surface area contributed by atoms with Crippen molar-refractivity contribution in [2.75, 3.05) is 11.9 Å². The van der Waals surface area contributed by atoms with Gasteiger partial charge in [-0.3, -0.25) is 4.79 Å². The highest BCUT2D eigenvalue weighted by atomic mass is 16.1. The molecule has 0 amide bonds. The molecule has 1 saturated carbocycles. The molecule has 1 fully saturated rings. The number of benzene rings is 1. The second kappa shape index (κ2) is 8.00. The number of anilines is 2. The molecule has 1 aliphatic carbocycles. The lowest BCUT2D eigenvalue weighted by Crippen LogP contribution is -2.38. The van der Waals surface area contributed by atoms with E-state index in [4.69, 9.17) is 9.97 Å². The lowest BCUT2D eigenvalue weighted by Gasteiger charge is -2.33. The average Bonchev–Trinajstić information content (AvgIpc) is 3.62. The Labute approximate surface area is 210 Å². The lowest BCUT2D eigenvalue weighted by molar-refractivity contribution is 0.435. The molecule has 2 aliphatic rings. The molecule has 8 nitrogen and oxygen atoms in total. The smallest absolute Gasteiger partial charge is 0.278 e. The number of rotatable bonds is 4.